The molecule has 1 saturated heterocycles. The summed E-state index contributed by atoms with van der Waals surface area (Å²) in [6.07, 6.45) is 0. The summed E-state index contributed by atoms with van der Waals surface area (Å²) in [6.45, 7) is 4.18. The van der Waals surface area contributed by atoms with Crippen LogP contribution < -0.4 is 15.5 Å². The first-order valence-electron chi connectivity index (χ1n) is 8.92. The fourth-order valence-corrected chi connectivity index (χ4v) is 3.08. The molecule has 2 aromatic rings. The molecule has 142 valence electrons. The fraction of sp³-hybridized carbons (Fsp3) is 0.300. The van der Waals surface area contributed by atoms with Crippen LogP contribution >= 0.6 is 0 Å². The zero-order valence-electron chi connectivity index (χ0n) is 15.2. The lowest BCUT2D eigenvalue weighted by molar-refractivity contribution is -0.114. The van der Waals surface area contributed by atoms with E-state index in [1.807, 2.05) is 24.3 Å². The van der Waals surface area contributed by atoms with Crippen LogP contribution in [0.25, 0.3) is 0 Å². The third-order valence-corrected chi connectivity index (χ3v) is 4.49. The number of carbonyl (C=O) groups excluding carboxylic acids is 2. The molecular formula is C20H23FN4O2. The molecule has 1 heterocycles. The van der Waals surface area contributed by atoms with E-state index >= 15 is 0 Å². The van der Waals surface area contributed by atoms with Crippen LogP contribution in [0.3, 0.4) is 0 Å². The Morgan fingerprint density at radius 3 is 2.48 bits per heavy atom. The quantitative estimate of drug-likeness (QED) is 0.870. The van der Waals surface area contributed by atoms with Crippen molar-refractivity contribution in [1.29, 1.82) is 0 Å². The summed E-state index contributed by atoms with van der Waals surface area (Å²) in [4.78, 5) is 27.4. The molecule has 3 rings (SSSR count). The third kappa shape index (κ3) is 4.97. The van der Waals surface area contributed by atoms with E-state index in [0.717, 1.165) is 11.4 Å². The Morgan fingerprint density at radius 1 is 1.04 bits per heavy atom. The first-order valence-corrected chi connectivity index (χ1v) is 8.92. The molecule has 6 nitrogen and oxygen atoms in total. The normalized spacial score (nSPS) is 14.0. The van der Waals surface area contributed by atoms with Gasteiger partial charge in [-0.25, -0.2) is 9.18 Å². The molecule has 0 radical (unpaired) electrons. The van der Waals surface area contributed by atoms with Gasteiger partial charge in [-0.1, -0.05) is 24.3 Å². The maximum absolute atomic E-state index is 13.6. The average Bonchev–Trinajstić information content (AvgIpc) is 2.67. The summed E-state index contributed by atoms with van der Waals surface area (Å²) in [5, 5.41) is 5.55. The molecule has 0 aliphatic carbocycles. The Kier molecular flexibility index (Phi) is 5.90. The number of hydrogen-bond acceptors (Lipinski definition) is 3. The predicted molar refractivity (Wildman–Crippen MR) is 103 cm³/mol. The van der Waals surface area contributed by atoms with Gasteiger partial charge in [0.2, 0.25) is 5.91 Å². The monoisotopic (exact) mass is 370 g/mol. The smallest absolute Gasteiger partial charge is 0.317 e. The van der Waals surface area contributed by atoms with E-state index in [-0.39, 0.29) is 24.3 Å². The summed E-state index contributed by atoms with van der Waals surface area (Å²) < 4.78 is 13.6. The van der Waals surface area contributed by atoms with Gasteiger partial charge in [0.15, 0.2) is 0 Å². The van der Waals surface area contributed by atoms with Gasteiger partial charge in [-0.3, -0.25) is 4.79 Å². The molecule has 1 fully saturated rings. The largest absolute Gasteiger partial charge is 0.368 e. The van der Waals surface area contributed by atoms with Crippen LogP contribution in [0.4, 0.5) is 20.6 Å². The molecule has 1 aliphatic rings. The van der Waals surface area contributed by atoms with Gasteiger partial charge < -0.3 is 20.4 Å². The molecule has 27 heavy (non-hydrogen) atoms. The highest BCUT2D eigenvalue weighted by molar-refractivity contribution is 5.89. The number of piperazine rings is 1. The molecule has 0 atom stereocenters. The molecule has 0 saturated carbocycles. The number of carbonyl (C=O) groups is 2. The van der Waals surface area contributed by atoms with Gasteiger partial charge in [-0.2, -0.15) is 0 Å². The Labute approximate surface area is 158 Å². The first-order chi connectivity index (χ1) is 13.0. The van der Waals surface area contributed by atoms with Crippen LogP contribution in [0.15, 0.2) is 48.5 Å². The van der Waals surface area contributed by atoms with Crippen molar-refractivity contribution in [2.45, 2.75) is 13.5 Å². The molecule has 0 spiro atoms. The molecular weight excluding hydrogens is 347 g/mol. The number of anilines is 2. The standard InChI is InChI=1S/C20H23FN4O2/c1-15(26)23-17-6-4-7-18(13-17)24-9-11-25(12-10-24)20(27)22-14-16-5-2-3-8-19(16)21/h2-8,13H,9-12,14H2,1H3,(H,22,27)(H,23,26). The number of hydrogen-bond donors (Lipinski definition) is 2. The van der Waals surface area contributed by atoms with E-state index in [1.165, 1.54) is 13.0 Å². The van der Waals surface area contributed by atoms with Crippen molar-refractivity contribution in [1.82, 2.24) is 10.2 Å². The minimum atomic E-state index is -0.318. The number of benzene rings is 2. The highest BCUT2D eigenvalue weighted by Crippen LogP contribution is 2.21. The molecule has 2 aromatic carbocycles. The van der Waals surface area contributed by atoms with Crippen LogP contribution in [0.1, 0.15) is 12.5 Å². The first kappa shape index (κ1) is 18.7. The van der Waals surface area contributed by atoms with Gasteiger partial charge in [0.1, 0.15) is 5.82 Å². The minimum Gasteiger partial charge on any atom is -0.368 e. The lowest BCUT2D eigenvalue weighted by atomic mass is 10.2. The highest BCUT2D eigenvalue weighted by Gasteiger charge is 2.21. The van der Waals surface area contributed by atoms with Crippen LogP contribution in [0, 0.1) is 5.82 Å². The summed E-state index contributed by atoms with van der Waals surface area (Å²) in [6, 6.07) is 13.9. The Hall–Kier alpha value is -3.09. The van der Waals surface area contributed by atoms with E-state index in [1.54, 1.807) is 23.1 Å². The van der Waals surface area contributed by atoms with E-state index in [2.05, 4.69) is 15.5 Å². The van der Waals surface area contributed by atoms with Crippen molar-refractivity contribution in [3.63, 3.8) is 0 Å². The summed E-state index contributed by atoms with van der Waals surface area (Å²) in [7, 11) is 0. The number of nitrogens with one attached hydrogen (secondary N) is 2. The van der Waals surface area contributed by atoms with E-state index in [9.17, 15) is 14.0 Å². The summed E-state index contributed by atoms with van der Waals surface area (Å²) in [5.74, 6) is -0.426. The highest BCUT2D eigenvalue weighted by atomic mass is 19.1. The van der Waals surface area contributed by atoms with E-state index in [0.29, 0.717) is 31.7 Å². The zero-order valence-corrected chi connectivity index (χ0v) is 15.2. The minimum absolute atomic E-state index is 0.108. The Bertz CT molecular complexity index is 819. The van der Waals surface area contributed by atoms with Gasteiger partial charge in [0.25, 0.3) is 0 Å². The maximum Gasteiger partial charge on any atom is 0.317 e. The van der Waals surface area contributed by atoms with Gasteiger partial charge in [-0.05, 0) is 24.3 Å². The third-order valence-electron chi connectivity index (χ3n) is 4.49. The van der Waals surface area contributed by atoms with Gasteiger partial charge in [0, 0.05) is 56.6 Å². The number of halogens is 1. The summed E-state index contributed by atoms with van der Waals surface area (Å²) in [5.41, 5.74) is 2.23. The molecule has 0 unspecified atom stereocenters. The average molecular weight is 370 g/mol. The lowest BCUT2D eigenvalue weighted by Crippen LogP contribution is -2.51. The van der Waals surface area contributed by atoms with Crippen LogP contribution in [0.5, 0.6) is 0 Å². The molecule has 1 aliphatic heterocycles. The Balaban J connectivity index is 1.52. The van der Waals surface area contributed by atoms with Crippen molar-refractivity contribution in [2.75, 3.05) is 36.4 Å². The molecule has 2 N–H and O–H groups in total. The molecule has 3 amide bonds. The second-order valence-corrected chi connectivity index (χ2v) is 6.46. The van der Waals surface area contributed by atoms with Gasteiger partial charge >= 0.3 is 6.03 Å². The number of urea groups is 1. The van der Waals surface area contributed by atoms with Crippen molar-refractivity contribution in [3.8, 4) is 0 Å². The number of amides is 3. The molecule has 7 heteroatoms. The van der Waals surface area contributed by atoms with Crippen molar-refractivity contribution in [2.24, 2.45) is 0 Å². The van der Waals surface area contributed by atoms with E-state index < -0.39 is 0 Å². The van der Waals surface area contributed by atoms with Gasteiger partial charge in [-0.15, -0.1) is 0 Å². The van der Waals surface area contributed by atoms with Crippen LogP contribution in [-0.2, 0) is 11.3 Å². The number of rotatable bonds is 4. The molecule has 0 bridgehead atoms. The predicted octanol–water partition coefficient (Wildman–Crippen LogP) is 2.82. The summed E-state index contributed by atoms with van der Waals surface area (Å²) >= 11 is 0. The van der Waals surface area contributed by atoms with Crippen LogP contribution in [0.2, 0.25) is 0 Å². The van der Waals surface area contributed by atoms with E-state index in [4.69, 9.17) is 0 Å². The second kappa shape index (κ2) is 8.53. The Morgan fingerprint density at radius 2 is 1.78 bits per heavy atom. The molecule has 0 aromatic heterocycles. The number of nitrogens with zero attached hydrogens (tertiary/aromatic N) is 2. The van der Waals surface area contributed by atoms with Crippen molar-refractivity contribution >= 4 is 23.3 Å². The topological polar surface area (TPSA) is 64.7 Å². The zero-order chi connectivity index (χ0) is 19.2. The fourth-order valence-electron chi connectivity index (χ4n) is 3.08. The lowest BCUT2D eigenvalue weighted by Gasteiger charge is -2.36. The van der Waals surface area contributed by atoms with Crippen molar-refractivity contribution in [3.05, 3.63) is 59.9 Å². The second-order valence-electron chi connectivity index (χ2n) is 6.46. The van der Waals surface area contributed by atoms with Crippen LogP contribution in [-0.4, -0.2) is 43.0 Å². The maximum atomic E-state index is 13.6. The SMILES string of the molecule is CC(=O)Nc1cccc(N2CCN(C(=O)NCc3ccccc3F)CC2)c1. The van der Waals surface area contributed by atoms with Gasteiger partial charge in [0.05, 0.1) is 0 Å². The van der Waals surface area contributed by atoms with Crippen molar-refractivity contribution < 1.29 is 14.0 Å².